The van der Waals surface area contributed by atoms with E-state index in [1.54, 1.807) is 11.1 Å². The third-order valence-electron chi connectivity index (χ3n) is 4.83. The second-order valence-electron chi connectivity index (χ2n) is 6.52. The Hall–Kier alpha value is -2.48. The molecule has 0 bridgehead atoms. The van der Waals surface area contributed by atoms with E-state index in [4.69, 9.17) is 0 Å². The van der Waals surface area contributed by atoms with Crippen LogP contribution in [0.15, 0.2) is 48.8 Å². The van der Waals surface area contributed by atoms with Crippen molar-refractivity contribution in [1.29, 1.82) is 0 Å². The Morgan fingerprint density at radius 3 is 2.89 bits per heavy atom. The maximum Gasteiger partial charge on any atom is 0.244 e. The van der Waals surface area contributed by atoms with Crippen LogP contribution in [0, 0.1) is 0 Å². The predicted molar refractivity (Wildman–Crippen MR) is 106 cm³/mol. The van der Waals surface area contributed by atoms with Crippen LogP contribution in [0.2, 0.25) is 0 Å². The van der Waals surface area contributed by atoms with Gasteiger partial charge in [0.2, 0.25) is 11.8 Å². The lowest BCUT2D eigenvalue weighted by Crippen LogP contribution is -2.52. The zero-order valence-electron chi connectivity index (χ0n) is 14.8. The lowest BCUT2D eigenvalue weighted by molar-refractivity contribution is -0.123. The average Bonchev–Trinajstić information content (AvgIpc) is 2.68. The van der Waals surface area contributed by atoms with Crippen LogP contribution >= 0.6 is 12.4 Å². The molecule has 4 rings (SSSR count). The zero-order chi connectivity index (χ0) is 17.9. The number of rotatable bonds is 3. The van der Waals surface area contributed by atoms with Crippen molar-refractivity contribution in [2.24, 2.45) is 0 Å². The van der Waals surface area contributed by atoms with Crippen LogP contribution in [0.3, 0.4) is 0 Å². The largest absolute Gasteiger partial charge is 0.323 e. The number of carbonyl (C=O) groups is 2. The Morgan fingerprint density at radius 1 is 1.22 bits per heavy atom. The number of para-hydroxylation sites is 2. The third kappa shape index (κ3) is 4.10. The molecule has 2 N–H and O–H groups in total. The Bertz CT molecular complexity index is 817. The number of carbonyl (C=O) groups excluding carboxylic acids is 2. The molecule has 142 valence electrons. The lowest BCUT2D eigenvalue weighted by Gasteiger charge is -2.37. The van der Waals surface area contributed by atoms with Gasteiger partial charge in [0.15, 0.2) is 0 Å². The molecule has 2 aliphatic heterocycles. The molecule has 1 saturated heterocycles. The molecule has 1 aromatic heterocycles. The number of pyridine rings is 1. The number of hydrogen-bond donors (Lipinski definition) is 2. The van der Waals surface area contributed by atoms with Gasteiger partial charge in [-0.05, 0) is 23.8 Å². The number of hydrogen-bond acceptors (Lipinski definition) is 5. The Labute approximate surface area is 164 Å². The summed E-state index contributed by atoms with van der Waals surface area (Å²) in [5.41, 5.74) is 2.52. The summed E-state index contributed by atoms with van der Waals surface area (Å²) in [6.45, 7) is 2.70. The van der Waals surface area contributed by atoms with Crippen LogP contribution in [0.25, 0.3) is 0 Å². The van der Waals surface area contributed by atoms with Gasteiger partial charge >= 0.3 is 0 Å². The van der Waals surface area contributed by atoms with Crippen molar-refractivity contribution in [2.45, 2.75) is 6.04 Å². The second kappa shape index (κ2) is 8.47. The van der Waals surface area contributed by atoms with Crippen molar-refractivity contribution in [3.8, 4) is 0 Å². The summed E-state index contributed by atoms with van der Waals surface area (Å²) in [4.78, 5) is 32.9. The fraction of sp³-hybridized carbons (Fsp3) is 0.316. The van der Waals surface area contributed by atoms with E-state index in [-0.39, 0.29) is 43.4 Å². The summed E-state index contributed by atoms with van der Waals surface area (Å²) in [5, 5.41) is 6.20. The number of amides is 2. The molecule has 27 heavy (non-hydrogen) atoms. The molecule has 0 aliphatic carbocycles. The number of piperazine rings is 1. The Kier molecular flexibility index (Phi) is 6.05. The van der Waals surface area contributed by atoms with Crippen molar-refractivity contribution < 1.29 is 9.59 Å². The number of anilines is 2. The lowest BCUT2D eigenvalue weighted by atomic mass is 10.1. The SMILES string of the molecule is Cl.O=C1CN(C(=O)CN2CCNCC2c2cccnc2)c2ccccc2N1. The molecule has 7 nitrogen and oxygen atoms in total. The summed E-state index contributed by atoms with van der Waals surface area (Å²) in [5.74, 6) is -0.232. The smallest absolute Gasteiger partial charge is 0.244 e. The monoisotopic (exact) mass is 387 g/mol. The van der Waals surface area contributed by atoms with Crippen molar-refractivity contribution in [2.75, 3.05) is 42.9 Å². The molecule has 0 radical (unpaired) electrons. The molecule has 1 fully saturated rings. The van der Waals surface area contributed by atoms with Gasteiger partial charge in [0, 0.05) is 38.1 Å². The molecule has 2 amide bonds. The molecule has 2 aromatic rings. The summed E-state index contributed by atoms with van der Waals surface area (Å²) in [6.07, 6.45) is 3.59. The number of nitrogens with zero attached hydrogens (tertiary/aromatic N) is 3. The average molecular weight is 388 g/mol. The molecule has 8 heteroatoms. The van der Waals surface area contributed by atoms with Crippen LogP contribution in [-0.2, 0) is 9.59 Å². The predicted octanol–water partition coefficient (Wildman–Crippen LogP) is 1.43. The molecule has 1 atom stereocenters. The minimum atomic E-state index is -0.166. The topological polar surface area (TPSA) is 77.6 Å². The van der Waals surface area contributed by atoms with Gasteiger partial charge in [0.05, 0.1) is 17.9 Å². The molecular weight excluding hydrogens is 366 g/mol. The van der Waals surface area contributed by atoms with Gasteiger partial charge in [-0.25, -0.2) is 0 Å². The third-order valence-corrected chi connectivity index (χ3v) is 4.83. The summed E-state index contributed by atoms with van der Waals surface area (Å²) >= 11 is 0. The van der Waals surface area contributed by atoms with E-state index in [1.807, 2.05) is 42.6 Å². The Morgan fingerprint density at radius 2 is 2.07 bits per heavy atom. The quantitative estimate of drug-likeness (QED) is 0.833. The van der Waals surface area contributed by atoms with E-state index in [1.165, 1.54) is 0 Å². The number of aromatic nitrogens is 1. The molecular formula is C19H22ClN5O2. The van der Waals surface area contributed by atoms with E-state index in [9.17, 15) is 9.59 Å². The van der Waals surface area contributed by atoms with Gasteiger partial charge in [-0.3, -0.25) is 24.4 Å². The molecule has 2 aliphatic rings. The number of benzene rings is 1. The molecule has 1 unspecified atom stereocenters. The van der Waals surface area contributed by atoms with E-state index in [0.717, 1.165) is 30.9 Å². The molecule has 1 aromatic carbocycles. The Balaban J connectivity index is 0.00000210. The molecule has 0 spiro atoms. The van der Waals surface area contributed by atoms with Gasteiger partial charge in [-0.2, -0.15) is 0 Å². The first kappa shape index (κ1) is 19.3. The second-order valence-corrected chi connectivity index (χ2v) is 6.52. The van der Waals surface area contributed by atoms with Crippen molar-refractivity contribution in [3.05, 3.63) is 54.4 Å². The van der Waals surface area contributed by atoms with Gasteiger partial charge in [0.25, 0.3) is 0 Å². The highest BCUT2D eigenvalue weighted by Gasteiger charge is 2.31. The molecule has 0 saturated carbocycles. The fourth-order valence-electron chi connectivity index (χ4n) is 3.55. The minimum absolute atomic E-state index is 0. The van der Waals surface area contributed by atoms with E-state index in [0.29, 0.717) is 5.69 Å². The fourth-order valence-corrected chi connectivity index (χ4v) is 3.55. The number of nitrogens with one attached hydrogen (secondary N) is 2. The van der Waals surface area contributed by atoms with Crippen molar-refractivity contribution in [3.63, 3.8) is 0 Å². The van der Waals surface area contributed by atoms with Crippen LogP contribution < -0.4 is 15.5 Å². The summed E-state index contributed by atoms with van der Waals surface area (Å²) in [7, 11) is 0. The van der Waals surface area contributed by atoms with Crippen LogP contribution in [0.4, 0.5) is 11.4 Å². The van der Waals surface area contributed by atoms with E-state index in [2.05, 4.69) is 20.5 Å². The minimum Gasteiger partial charge on any atom is -0.323 e. The van der Waals surface area contributed by atoms with E-state index < -0.39 is 0 Å². The van der Waals surface area contributed by atoms with Crippen LogP contribution in [0.1, 0.15) is 11.6 Å². The van der Waals surface area contributed by atoms with Gasteiger partial charge in [0.1, 0.15) is 6.54 Å². The summed E-state index contributed by atoms with van der Waals surface area (Å²) in [6, 6.07) is 11.4. The highest BCUT2D eigenvalue weighted by atomic mass is 35.5. The van der Waals surface area contributed by atoms with Crippen molar-refractivity contribution >= 4 is 35.6 Å². The normalized spacial score (nSPS) is 19.6. The summed E-state index contributed by atoms with van der Waals surface area (Å²) < 4.78 is 0. The first-order valence-electron chi connectivity index (χ1n) is 8.76. The first-order valence-corrected chi connectivity index (χ1v) is 8.76. The maximum atomic E-state index is 13.0. The van der Waals surface area contributed by atoms with Crippen LogP contribution in [0.5, 0.6) is 0 Å². The van der Waals surface area contributed by atoms with Gasteiger partial charge in [-0.15, -0.1) is 12.4 Å². The highest BCUT2D eigenvalue weighted by Crippen LogP contribution is 2.29. The first-order chi connectivity index (χ1) is 12.7. The number of halogens is 1. The maximum absolute atomic E-state index is 13.0. The number of fused-ring (bicyclic) bond motifs is 1. The van der Waals surface area contributed by atoms with Gasteiger partial charge < -0.3 is 10.6 Å². The standard InChI is InChI=1S/C19H21N5O2.ClH/c25-18-12-24(16-6-2-1-5-15(16)22-18)19(26)13-23-9-8-21-11-17(23)14-4-3-7-20-10-14;/h1-7,10,17,21H,8-9,11-13H2,(H,22,25);1H. The highest BCUT2D eigenvalue weighted by molar-refractivity contribution is 6.10. The zero-order valence-corrected chi connectivity index (χ0v) is 15.6. The van der Waals surface area contributed by atoms with Crippen molar-refractivity contribution in [1.82, 2.24) is 15.2 Å². The molecule has 3 heterocycles. The van der Waals surface area contributed by atoms with Gasteiger partial charge in [-0.1, -0.05) is 18.2 Å². The van der Waals surface area contributed by atoms with E-state index >= 15 is 0 Å². The van der Waals surface area contributed by atoms with Crippen LogP contribution in [-0.4, -0.2) is 54.4 Å².